The molecule has 0 bridgehead atoms. The number of amides is 1. The zero-order valence-corrected chi connectivity index (χ0v) is 15.5. The number of hydrogen-bond acceptors (Lipinski definition) is 3. The summed E-state index contributed by atoms with van der Waals surface area (Å²) in [5.74, 6) is 0.473. The van der Waals surface area contributed by atoms with Gasteiger partial charge in [0.25, 0.3) is 0 Å². The van der Waals surface area contributed by atoms with Crippen molar-refractivity contribution >= 4 is 16.9 Å². The predicted molar refractivity (Wildman–Crippen MR) is 99.7 cm³/mol. The molecule has 1 aromatic carbocycles. The molecule has 2 aromatic rings. The van der Waals surface area contributed by atoms with E-state index in [0.717, 1.165) is 23.9 Å². The van der Waals surface area contributed by atoms with Crippen LogP contribution in [-0.2, 0) is 4.79 Å². The van der Waals surface area contributed by atoms with Crippen molar-refractivity contribution in [1.82, 2.24) is 19.4 Å². The lowest BCUT2D eigenvalue weighted by Crippen LogP contribution is -2.51. The number of H-pyrrole nitrogens is 1. The van der Waals surface area contributed by atoms with Gasteiger partial charge in [-0.3, -0.25) is 14.3 Å². The first-order valence-electron chi connectivity index (χ1n) is 9.04. The van der Waals surface area contributed by atoms with Gasteiger partial charge in [0.15, 0.2) is 0 Å². The molecule has 2 heterocycles. The molecule has 25 heavy (non-hydrogen) atoms. The number of benzene rings is 1. The number of nitrogens with zero attached hydrogens (tertiary/aromatic N) is 3. The Labute approximate surface area is 148 Å². The molecule has 1 atom stereocenters. The summed E-state index contributed by atoms with van der Waals surface area (Å²) in [6.07, 6.45) is 1.62. The number of likely N-dealkylation sites (tertiary alicyclic amines) is 1. The van der Waals surface area contributed by atoms with Crippen molar-refractivity contribution in [3.63, 3.8) is 0 Å². The SMILES string of the molecule is CC(C)[C@@H](C(=O)N1CCC(n2c(=O)[nH]c3ccccc32)CC1)N(C)C. The topological polar surface area (TPSA) is 61.3 Å². The third kappa shape index (κ3) is 3.35. The van der Waals surface area contributed by atoms with E-state index in [1.54, 1.807) is 0 Å². The van der Waals surface area contributed by atoms with Crippen LogP contribution >= 0.6 is 0 Å². The zero-order chi connectivity index (χ0) is 18.1. The zero-order valence-electron chi connectivity index (χ0n) is 15.5. The van der Waals surface area contributed by atoms with Gasteiger partial charge in [-0.2, -0.15) is 0 Å². The summed E-state index contributed by atoms with van der Waals surface area (Å²) < 4.78 is 1.86. The lowest BCUT2D eigenvalue weighted by Gasteiger charge is -2.37. The van der Waals surface area contributed by atoms with Crippen LogP contribution in [0.15, 0.2) is 29.1 Å². The van der Waals surface area contributed by atoms with Crippen LogP contribution in [0.25, 0.3) is 11.0 Å². The minimum Gasteiger partial charge on any atom is -0.341 e. The molecule has 6 heteroatoms. The van der Waals surface area contributed by atoms with Gasteiger partial charge in [-0.15, -0.1) is 0 Å². The van der Waals surface area contributed by atoms with Crippen molar-refractivity contribution in [3.05, 3.63) is 34.7 Å². The third-order valence-corrected chi connectivity index (χ3v) is 5.21. The monoisotopic (exact) mass is 344 g/mol. The second kappa shape index (κ2) is 7.04. The molecule has 1 amide bonds. The Kier molecular flexibility index (Phi) is 4.99. The minimum atomic E-state index is -0.0904. The first-order valence-corrected chi connectivity index (χ1v) is 9.04. The molecule has 136 valence electrons. The molecule has 1 saturated heterocycles. The molecular formula is C19H28N4O2. The quantitative estimate of drug-likeness (QED) is 0.924. The number of likely N-dealkylation sites (N-methyl/N-ethyl adjacent to an activating group) is 1. The molecule has 1 aliphatic heterocycles. The Morgan fingerprint density at radius 3 is 2.44 bits per heavy atom. The van der Waals surface area contributed by atoms with Crippen LogP contribution in [0.3, 0.4) is 0 Å². The lowest BCUT2D eigenvalue weighted by molar-refractivity contribution is -0.138. The number of piperidine rings is 1. The Hall–Kier alpha value is -2.08. The number of para-hydroxylation sites is 2. The molecule has 3 rings (SSSR count). The van der Waals surface area contributed by atoms with Gasteiger partial charge in [0, 0.05) is 19.1 Å². The molecule has 0 spiro atoms. The van der Waals surface area contributed by atoms with E-state index in [0.29, 0.717) is 13.1 Å². The van der Waals surface area contributed by atoms with Crippen LogP contribution in [-0.4, -0.2) is 58.5 Å². The minimum absolute atomic E-state index is 0.0562. The highest BCUT2D eigenvalue weighted by molar-refractivity contribution is 5.82. The number of rotatable bonds is 4. The number of carbonyl (C=O) groups is 1. The summed E-state index contributed by atoms with van der Waals surface area (Å²) >= 11 is 0. The number of fused-ring (bicyclic) bond motifs is 1. The van der Waals surface area contributed by atoms with E-state index in [9.17, 15) is 9.59 Å². The maximum absolute atomic E-state index is 12.9. The van der Waals surface area contributed by atoms with Crippen molar-refractivity contribution in [2.75, 3.05) is 27.2 Å². The van der Waals surface area contributed by atoms with Gasteiger partial charge in [0.05, 0.1) is 17.1 Å². The van der Waals surface area contributed by atoms with Gasteiger partial charge in [-0.1, -0.05) is 26.0 Å². The van der Waals surface area contributed by atoms with Crippen molar-refractivity contribution < 1.29 is 4.79 Å². The van der Waals surface area contributed by atoms with Crippen molar-refractivity contribution in [1.29, 1.82) is 0 Å². The number of aromatic amines is 1. The van der Waals surface area contributed by atoms with Crippen molar-refractivity contribution in [3.8, 4) is 0 Å². The van der Waals surface area contributed by atoms with Crippen molar-refractivity contribution in [2.24, 2.45) is 5.92 Å². The summed E-state index contributed by atoms with van der Waals surface area (Å²) in [6, 6.07) is 7.84. The first kappa shape index (κ1) is 17.7. The molecule has 0 unspecified atom stereocenters. The van der Waals surface area contributed by atoms with Crippen LogP contribution < -0.4 is 5.69 Å². The van der Waals surface area contributed by atoms with Gasteiger partial charge in [0.2, 0.25) is 5.91 Å². The second-order valence-corrected chi connectivity index (χ2v) is 7.53. The maximum atomic E-state index is 12.9. The average Bonchev–Trinajstić information content (AvgIpc) is 2.90. The number of hydrogen-bond donors (Lipinski definition) is 1. The smallest absolute Gasteiger partial charge is 0.326 e. The standard InChI is InChI=1S/C19H28N4O2/c1-13(2)17(21(3)4)18(24)22-11-9-14(10-12-22)23-16-8-6-5-7-15(16)20-19(23)25/h5-8,13-14,17H,9-12H2,1-4H3,(H,20,25)/t17-/m0/s1. The summed E-state index contributed by atoms with van der Waals surface area (Å²) in [4.78, 5) is 32.1. The van der Waals surface area contributed by atoms with Gasteiger partial charge in [0.1, 0.15) is 0 Å². The Morgan fingerprint density at radius 1 is 1.20 bits per heavy atom. The van der Waals surface area contributed by atoms with E-state index in [1.807, 2.05) is 52.7 Å². The lowest BCUT2D eigenvalue weighted by atomic mass is 9.98. The highest BCUT2D eigenvalue weighted by atomic mass is 16.2. The molecule has 6 nitrogen and oxygen atoms in total. The van der Waals surface area contributed by atoms with Gasteiger partial charge >= 0.3 is 5.69 Å². The molecule has 0 saturated carbocycles. The molecular weight excluding hydrogens is 316 g/mol. The first-order chi connectivity index (χ1) is 11.9. The van der Waals surface area contributed by atoms with E-state index in [2.05, 4.69) is 18.8 Å². The fourth-order valence-corrected chi connectivity index (χ4v) is 4.07. The van der Waals surface area contributed by atoms with Crippen LogP contribution in [0.2, 0.25) is 0 Å². The van der Waals surface area contributed by atoms with Gasteiger partial charge in [-0.05, 0) is 45.0 Å². The van der Waals surface area contributed by atoms with E-state index in [1.165, 1.54) is 0 Å². The normalized spacial score (nSPS) is 17.6. The van der Waals surface area contributed by atoms with Gasteiger partial charge < -0.3 is 9.88 Å². The Bertz CT molecular complexity index is 789. The largest absolute Gasteiger partial charge is 0.341 e. The van der Waals surface area contributed by atoms with E-state index < -0.39 is 0 Å². The predicted octanol–water partition coefficient (Wildman–Crippen LogP) is 2.08. The number of nitrogens with one attached hydrogen (secondary N) is 1. The number of imidazole rings is 1. The summed E-state index contributed by atoms with van der Waals surface area (Å²) in [7, 11) is 3.92. The number of aromatic nitrogens is 2. The summed E-state index contributed by atoms with van der Waals surface area (Å²) in [5, 5.41) is 0. The molecule has 0 aliphatic carbocycles. The highest BCUT2D eigenvalue weighted by Crippen LogP contribution is 2.26. The molecule has 0 radical (unpaired) electrons. The van der Waals surface area contributed by atoms with Crippen LogP contribution in [0.1, 0.15) is 32.7 Å². The maximum Gasteiger partial charge on any atom is 0.326 e. The molecule has 1 aromatic heterocycles. The highest BCUT2D eigenvalue weighted by Gasteiger charge is 2.32. The van der Waals surface area contributed by atoms with Crippen LogP contribution in [0.5, 0.6) is 0 Å². The third-order valence-electron chi connectivity index (χ3n) is 5.21. The summed E-state index contributed by atoms with van der Waals surface area (Å²) in [6.45, 7) is 5.57. The van der Waals surface area contributed by atoms with Gasteiger partial charge in [-0.25, -0.2) is 4.79 Å². The van der Waals surface area contributed by atoms with E-state index in [4.69, 9.17) is 0 Å². The fraction of sp³-hybridized carbons (Fsp3) is 0.579. The van der Waals surface area contributed by atoms with Crippen LogP contribution in [0.4, 0.5) is 0 Å². The van der Waals surface area contributed by atoms with Crippen molar-refractivity contribution in [2.45, 2.75) is 38.8 Å². The van der Waals surface area contributed by atoms with E-state index in [-0.39, 0.29) is 29.6 Å². The average molecular weight is 344 g/mol. The Morgan fingerprint density at radius 2 is 1.84 bits per heavy atom. The van der Waals surface area contributed by atoms with Crippen LogP contribution in [0, 0.1) is 5.92 Å². The fourth-order valence-electron chi connectivity index (χ4n) is 4.07. The Balaban J connectivity index is 1.74. The summed E-state index contributed by atoms with van der Waals surface area (Å²) in [5.41, 5.74) is 1.77. The molecule has 1 fully saturated rings. The number of carbonyl (C=O) groups excluding carboxylic acids is 1. The molecule has 1 aliphatic rings. The second-order valence-electron chi connectivity index (χ2n) is 7.53. The van der Waals surface area contributed by atoms with E-state index >= 15 is 0 Å². The molecule has 1 N–H and O–H groups in total.